The van der Waals surface area contributed by atoms with E-state index in [0.717, 1.165) is 32.8 Å². The van der Waals surface area contributed by atoms with Gasteiger partial charge in [0, 0.05) is 9.26 Å². The number of hydrogen-bond acceptors (Lipinski definition) is 5. The Morgan fingerprint density at radius 1 is 1.38 bits per heavy atom. The minimum Gasteiger partial charge on any atom is -0.325 e. The summed E-state index contributed by atoms with van der Waals surface area (Å²) in [5.74, 6) is 0.265. The van der Waals surface area contributed by atoms with Crippen molar-refractivity contribution in [3.05, 3.63) is 27.3 Å². The summed E-state index contributed by atoms with van der Waals surface area (Å²) in [5.41, 5.74) is 1.92. The number of benzene rings is 1. The Balaban J connectivity index is 1.57. The van der Waals surface area contributed by atoms with Crippen LogP contribution in [0.2, 0.25) is 0 Å². The van der Waals surface area contributed by atoms with Gasteiger partial charge in [0.25, 0.3) is 0 Å². The third kappa shape index (κ3) is 4.47. The highest BCUT2D eigenvalue weighted by Gasteiger charge is 2.20. The van der Waals surface area contributed by atoms with Gasteiger partial charge in [-0.25, -0.2) is 4.68 Å². The number of halogens is 1. The zero-order valence-corrected chi connectivity index (χ0v) is 16.5. The average Bonchev–Trinajstić information content (AvgIpc) is 3.05. The summed E-state index contributed by atoms with van der Waals surface area (Å²) >= 11 is 3.66. The Morgan fingerprint density at radius 2 is 2.17 bits per heavy atom. The summed E-state index contributed by atoms with van der Waals surface area (Å²) in [5, 5.41) is 15.7. The van der Waals surface area contributed by atoms with Crippen LogP contribution in [-0.4, -0.2) is 31.9 Å². The van der Waals surface area contributed by atoms with E-state index in [4.69, 9.17) is 0 Å². The highest BCUT2D eigenvalue weighted by molar-refractivity contribution is 14.1. The van der Waals surface area contributed by atoms with Crippen molar-refractivity contribution in [1.82, 2.24) is 20.2 Å². The zero-order valence-electron chi connectivity index (χ0n) is 13.5. The maximum absolute atomic E-state index is 12.2. The van der Waals surface area contributed by atoms with Gasteiger partial charge in [-0.15, -0.1) is 5.10 Å². The predicted molar refractivity (Wildman–Crippen MR) is 103 cm³/mol. The molecule has 1 saturated carbocycles. The molecule has 0 radical (unpaired) electrons. The lowest BCUT2D eigenvalue weighted by atomic mass is 9.96. The molecule has 1 amide bonds. The summed E-state index contributed by atoms with van der Waals surface area (Å²) in [7, 11) is 0. The summed E-state index contributed by atoms with van der Waals surface area (Å²) in [6.07, 6.45) is 5.97. The van der Waals surface area contributed by atoms with E-state index in [9.17, 15) is 4.79 Å². The number of tetrazole rings is 1. The van der Waals surface area contributed by atoms with Gasteiger partial charge in [0.05, 0.1) is 11.8 Å². The van der Waals surface area contributed by atoms with Crippen LogP contribution in [0.5, 0.6) is 0 Å². The number of aromatic nitrogens is 4. The molecule has 3 rings (SSSR count). The maximum atomic E-state index is 12.2. The molecule has 1 heterocycles. The van der Waals surface area contributed by atoms with Crippen molar-refractivity contribution in [3.8, 4) is 0 Å². The molecule has 1 aromatic heterocycles. The van der Waals surface area contributed by atoms with Crippen molar-refractivity contribution in [2.24, 2.45) is 0 Å². The second-order valence-corrected chi connectivity index (χ2v) is 8.18. The lowest BCUT2D eigenvalue weighted by Gasteiger charge is -2.21. The Morgan fingerprint density at radius 3 is 2.92 bits per heavy atom. The van der Waals surface area contributed by atoms with Crippen LogP contribution in [0, 0.1) is 10.5 Å². The number of rotatable bonds is 5. The lowest BCUT2D eigenvalue weighted by molar-refractivity contribution is -0.113. The number of thioether (sulfide) groups is 1. The molecule has 1 aliphatic rings. The third-order valence-corrected chi connectivity index (χ3v) is 5.78. The normalized spacial score (nSPS) is 15.4. The molecule has 0 aliphatic heterocycles. The Bertz CT molecular complexity index is 714. The van der Waals surface area contributed by atoms with E-state index in [2.05, 4.69) is 43.4 Å². The van der Waals surface area contributed by atoms with Crippen LogP contribution < -0.4 is 5.32 Å². The van der Waals surface area contributed by atoms with E-state index in [1.54, 1.807) is 0 Å². The molecule has 128 valence electrons. The summed E-state index contributed by atoms with van der Waals surface area (Å²) in [4.78, 5) is 12.2. The van der Waals surface area contributed by atoms with Crippen molar-refractivity contribution >= 4 is 45.9 Å². The van der Waals surface area contributed by atoms with Crippen molar-refractivity contribution in [3.63, 3.8) is 0 Å². The van der Waals surface area contributed by atoms with Crippen LogP contribution in [0.4, 0.5) is 5.69 Å². The number of amides is 1. The number of carbonyl (C=O) groups is 1. The summed E-state index contributed by atoms with van der Waals surface area (Å²) in [6.45, 7) is 1.99. The SMILES string of the molecule is Cc1cc(I)ccc1NC(=O)CSc1nnnn1C1CCCCC1. The third-order valence-electron chi connectivity index (χ3n) is 4.18. The van der Waals surface area contributed by atoms with Gasteiger partial charge in [0.15, 0.2) is 0 Å². The molecule has 24 heavy (non-hydrogen) atoms. The average molecular weight is 457 g/mol. The Kier molecular flexibility index (Phi) is 6.09. The standard InChI is InChI=1S/C16H20IN5OS/c1-11-9-12(17)7-8-14(11)18-15(23)10-24-16-19-20-21-22(16)13-5-3-2-4-6-13/h7-9,13H,2-6,10H2,1H3,(H,18,23). The van der Waals surface area contributed by atoms with E-state index in [1.807, 2.05) is 29.8 Å². The first-order chi connectivity index (χ1) is 11.6. The fraction of sp³-hybridized carbons (Fsp3) is 0.500. The smallest absolute Gasteiger partial charge is 0.234 e. The van der Waals surface area contributed by atoms with E-state index in [-0.39, 0.29) is 5.91 Å². The van der Waals surface area contributed by atoms with Gasteiger partial charge < -0.3 is 5.32 Å². The van der Waals surface area contributed by atoms with Crippen LogP contribution in [0.25, 0.3) is 0 Å². The molecular weight excluding hydrogens is 437 g/mol. The van der Waals surface area contributed by atoms with Crippen molar-refractivity contribution in [2.75, 3.05) is 11.1 Å². The molecule has 1 N–H and O–H groups in total. The van der Waals surface area contributed by atoms with Crippen LogP contribution in [0.1, 0.15) is 43.7 Å². The fourth-order valence-corrected chi connectivity index (χ4v) is 4.31. The first kappa shape index (κ1) is 17.7. The van der Waals surface area contributed by atoms with Gasteiger partial charge in [0.2, 0.25) is 11.1 Å². The number of aryl methyl sites for hydroxylation is 1. The second kappa shape index (κ2) is 8.28. The van der Waals surface area contributed by atoms with Gasteiger partial charge >= 0.3 is 0 Å². The number of nitrogens with zero attached hydrogens (tertiary/aromatic N) is 4. The van der Waals surface area contributed by atoms with E-state index >= 15 is 0 Å². The number of carbonyl (C=O) groups excluding carboxylic acids is 1. The zero-order chi connectivity index (χ0) is 16.9. The monoisotopic (exact) mass is 457 g/mol. The van der Waals surface area contributed by atoms with Crippen molar-refractivity contribution in [1.29, 1.82) is 0 Å². The summed E-state index contributed by atoms with van der Waals surface area (Å²) in [6, 6.07) is 6.34. The molecule has 0 atom stereocenters. The highest BCUT2D eigenvalue weighted by Crippen LogP contribution is 2.30. The Hall–Kier alpha value is -1.16. The van der Waals surface area contributed by atoms with E-state index in [0.29, 0.717) is 11.8 Å². The van der Waals surface area contributed by atoms with Gasteiger partial charge in [-0.3, -0.25) is 4.79 Å². The minimum absolute atomic E-state index is 0.0393. The first-order valence-electron chi connectivity index (χ1n) is 8.10. The topological polar surface area (TPSA) is 72.7 Å². The molecule has 0 bridgehead atoms. The molecule has 0 saturated heterocycles. The number of nitrogens with one attached hydrogen (secondary N) is 1. The molecule has 1 aromatic carbocycles. The summed E-state index contributed by atoms with van der Waals surface area (Å²) < 4.78 is 3.05. The minimum atomic E-state index is -0.0393. The number of hydrogen-bond donors (Lipinski definition) is 1. The predicted octanol–water partition coefficient (Wildman–Crippen LogP) is 3.82. The molecule has 2 aromatic rings. The first-order valence-corrected chi connectivity index (χ1v) is 10.2. The van der Waals surface area contributed by atoms with Crippen molar-refractivity contribution in [2.45, 2.75) is 50.2 Å². The molecular formula is C16H20IN5OS. The molecule has 1 fully saturated rings. The maximum Gasteiger partial charge on any atom is 0.234 e. The van der Waals surface area contributed by atoms with Crippen LogP contribution >= 0.6 is 34.4 Å². The van der Waals surface area contributed by atoms with Crippen LogP contribution in [-0.2, 0) is 4.79 Å². The largest absolute Gasteiger partial charge is 0.325 e. The molecule has 0 unspecified atom stereocenters. The molecule has 1 aliphatic carbocycles. The van der Waals surface area contributed by atoms with E-state index < -0.39 is 0 Å². The molecule has 6 nitrogen and oxygen atoms in total. The van der Waals surface area contributed by atoms with Crippen molar-refractivity contribution < 1.29 is 4.79 Å². The van der Waals surface area contributed by atoms with Gasteiger partial charge in [0.1, 0.15) is 0 Å². The lowest BCUT2D eigenvalue weighted by Crippen LogP contribution is -2.18. The second-order valence-electron chi connectivity index (χ2n) is 5.99. The van der Waals surface area contributed by atoms with Gasteiger partial charge in [-0.2, -0.15) is 0 Å². The Labute approximate surface area is 159 Å². The quantitative estimate of drug-likeness (QED) is 0.546. The number of anilines is 1. The van der Waals surface area contributed by atoms with Crippen LogP contribution in [0.3, 0.4) is 0 Å². The molecule has 0 spiro atoms. The fourth-order valence-electron chi connectivity index (χ4n) is 2.92. The van der Waals surface area contributed by atoms with Gasteiger partial charge in [-0.1, -0.05) is 31.0 Å². The van der Waals surface area contributed by atoms with Gasteiger partial charge in [-0.05, 0) is 76.5 Å². The van der Waals surface area contributed by atoms with Crippen LogP contribution in [0.15, 0.2) is 23.4 Å². The highest BCUT2D eigenvalue weighted by atomic mass is 127. The van der Waals surface area contributed by atoms with E-state index in [1.165, 1.54) is 31.0 Å². The molecule has 8 heteroatoms.